The minimum absolute atomic E-state index is 0.211. The number of hydrogen-bond donors (Lipinski definition) is 1. The number of anilines is 1. The van der Waals surface area contributed by atoms with Crippen molar-refractivity contribution in [3.63, 3.8) is 0 Å². The number of hydrogen-bond acceptors (Lipinski definition) is 2. The average molecular weight is 341 g/mol. The molecule has 1 aromatic carbocycles. The predicted octanol–water partition coefficient (Wildman–Crippen LogP) is 3.28. The van der Waals surface area contributed by atoms with Gasteiger partial charge in [0.2, 0.25) is 0 Å². The SMILES string of the molecule is CCC=I1=CC2Oc3ccccc3NC2C=C1. The summed E-state index contributed by atoms with van der Waals surface area (Å²) < 4.78 is 13.4. The van der Waals surface area contributed by atoms with Crippen LogP contribution in [0.25, 0.3) is 0 Å². The van der Waals surface area contributed by atoms with Crippen molar-refractivity contribution in [3.05, 3.63) is 34.4 Å². The van der Waals surface area contributed by atoms with Crippen LogP contribution in [0.4, 0.5) is 5.69 Å². The molecule has 0 saturated carbocycles. The van der Waals surface area contributed by atoms with Crippen molar-refractivity contribution in [2.24, 2.45) is 0 Å². The van der Waals surface area contributed by atoms with Crippen LogP contribution in [0.2, 0.25) is 0 Å². The number of para-hydroxylation sites is 2. The highest BCUT2D eigenvalue weighted by atomic mass is 127. The number of halogens is 1. The lowest BCUT2D eigenvalue weighted by atomic mass is 10.1. The fourth-order valence-electron chi connectivity index (χ4n) is 2.06. The molecular weight excluding hydrogens is 325 g/mol. The molecule has 0 bridgehead atoms. The summed E-state index contributed by atoms with van der Waals surface area (Å²) in [5, 5.41) is 3.53. The fraction of sp³-hybridized carbons (Fsp3) is 0.286. The van der Waals surface area contributed by atoms with Gasteiger partial charge in [0.25, 0.3) is 0 Å². The van der Waals surface area contributed by atoms with E-state index in [1.807, 2.05) is 18.2 Å². The van der Waals surface area contributed by atoms with E-state index in [9.17, 15) is 0 Å². The van der Waals surface area contributed by atoms with E-state index >= 15 is 0 Å². The molecule has 0 spiro atoms. The molecule has 1 aromatic rings. The molecule has 0 saturated heterocycles. The highest BCUT2D eigenvalue weighted by molar-refractivity contribution is 14.2. The molecule has 2 heterocycles. The summed E-state index contributed by atoms with van der Waals surface area (Å²) in [6, 6.07) is 8.47. The standard InChI is InChI=1S/C14H16INO/c1-2-8-15-9-7-12-14(10-15)17-13-6-4-3-5-11(13)16-12/h3-10,12,14,16H,2H2,1H3. The molecule has 1 N–H and O–H groups in total. The Hall–Kier alpha value is -0.970. The van der Waals surface area contributed by atoms with Crippen molar-refractivity contribution in [3.8, 4) is 5.75 Å². The molecule has 3 heteroatoms. The van der Waals surface area contributed by atoms with Crippen molar-refractivity contribution in [2.75, 3.05) is 5.32 Å². The van der Waals surface area contributed by atoms with Crippen LogP contribution < -0.4 is 10.1 Å². The topological polar surface area (TPSA) is 21.3 Å². The zero-order valence-corrected chi connectivity index (χ0v) is 11.9. The summed E-state index contributed by atoms with van der Waals surface area (Å²) in [5.74, 6) is 0.979. The third-order valence-corrected chi connectivity index (χ3v) is 7.54. The van der Waals surface area contributed by atoms with Gasteiger partial charge in [-0.25, -0.2) is 0 Å². The van der Waals surface area contributed by atoms with Crippen molar-refractivity contribution >= 4 is 32.6 Å². The third kappa shape index (κ3) is 2.20. The van der Waals surface area contributed by atoms with Gasteiger partial charge in [-0.05, 0) is 26.6 Å². The smallest absolute Gasteiger partial charge is 0.146 e. The Bertz CT molecular complexity index is 541. The first-order chi connectivity index (χ1) is 8.36. The van der Waals surface area contributed by atoms with E-state index in [1.54, 1.807) is 0 Å². The van der Waals surface area contributed by atoms with Gasteiger partial charge in [-0.3, -0.25) is 0 Å². The Kier molecular flexibility index (Phi) is 3.09. The number of benzene rings is 1. The minimum atomic E-state index is -1.11. The van der Waals surface area contributed by atoms with Crippen LogP contribution in [0.1, 0.15) is 13.3 Å². The fourth-order valence-corrected chi connectivity index (χ4v) is 6.24. The van der Waals surface area contributed by atoms with E-state index in [4.69, 9.17) is 4.74 Å². The van der Waals surface area contributed by atoms with E-state index < -0.39 is 18.9 Å². The van der Waals surface area contributed by atoms with Crippen molar-refractivity contribution in [1.29, 1.82) is 0 Å². The molecular formula is C14H16INO. The maximum Gasteiger partial charge on any atom is 0.146 e. The summed E-state index contributed by atoms with van der Waals surface area (Å²) >= 11 is -1.11. The summed E-state index contributed by atoms with van der Waals surface area (Å²) in [6.45, 7) is 2.21. The maximum absolute atomic E-state index is 6.06. The van der Waals surface area contributed by atoms with Crippen molar-refractivity contribution < 1.29 is 4.74 Å². The predicted molar refractivity (Wildman–Crippen MR) is 83.8 cm³/mol. The number of nitrogens with one attached hydrogen (secondary N) is 1. The van der Waals surface area contributed by atoms with Gasteiger partial charge in [-0.2, -0.15) is 0 Å². The monoisotopic (exact) mass is 341 g/mol. The Labute approximate surface area is 108 Å². The van der Waals surface area contributed by atoms with Gasteiger partial charge < -0.3 is 10.1 Å². The lowest BCUT2D eigenvalue weighted by molar-refractivity contribution is 0.254. The molecule has 2 unspecified atom stereocenters. The highest BCUT2D eigenvalue weighted by Gasteiger charge is 2.27. The average Bonchev–Trinajstić information content (AvgIpc) is 2.36. The molecule has 2 atom stereocenters. The summed E-state index contributed by atoms with van der Waals surface area (Å²) in [4.78, 5) is 0. The number of rotatable bonds is 1. The quantitative estimate of drug-likeness (QED) is 0.792. The first-order valence-electron chi connectivity index (χ1n) is 5.91. The molecule has 0 aliphatic carbocycles. The number of ether oxygens (including phenoxy) is 1. The molecule has 0 fully saturated rings. The zero-order chi connectivity index (χ0) is 11.7. The molecule has 0 amide bonds. The molecule has 0 radical (unpaired) electrons. The zero-order valence-electron chi connectivity index (χ0n) is 9.77. The van der Waals surface area contributed by atoms with Crippen LogP contribution in [0.3, 0.4) is 0 Å². The largest absolute Gasteiger partial charge is 0.481 e. The molecule has 2 nitrogen and oxygen atoms in total. The van der Waals surface area contributed by atoms with Gasteiger partial charge in [0, 0.05) is 0 Å². The van der Waals surface area contributed by atoms with E-state index in [0.29, 0.717) is 6.04 Å². The van der Waals surface area contributed by atoms with Crippen LogP contribution in [-0.4, -0.2) is 20.2 Å². The molecule has 2 aliphatic rings. The van der Waals surface area contributed by atoms with Crippen LogP contribution >= 0.6 is 18.9 Å². The van der Waals surface area contributed by atoms with Gasteiger partial charge in [0.1, 0.15) is 11.9 Å². The van der Waals surface area contributed by atoms with E-state index in [1.165, 1.54) is 0 Å². The van der Waals surface area contributed by atoms with Gasteiger partial charge in [-0.1, -0.05) is 29.1 Å². The van der Waals surface area contributed by atoms with Crippen molar-refractivity contribution in [2.45, 2.75) is 25.5 Å². The lowest BCUT2D eigenvalue weighted by Crippen LogP contribution is -2.41. The van der Waals surface area contributed by atoms with Crippen LogP contribution in [-0.2, 0) is 0 Å². The van der Waals surface area contributed by atoms with Gasteiger partial charge in [-0.15, -0.1) is 18.9 Å². The molecule has 17 heavy (non-hydrogen) atoms. The van der Waals surface area contributed by atoms with Crippen molar-refractivity contribution in [1.82, 2.24) is 0 Å². The van der Waals surface area contributed by atoms with Gasteiger partial charge in [0.15, 0.2) is 0 Å². The second-order valence-corrected chi connectivity index (χ2v) is 8.61. The second-order valence-electron chi connectivity index (χ2n) is 4.13. The number of fused-ring (bicyclic) bond motifs is 2. The van der Waals surface area contributed by atoms with Crippen LogP contribution in [0, 0.1) is 0 Å². The Morgan fingerprint density at radius 3 is 3.18 bits per heavy atom. The second kappa shape index (κ2) is 4.72. The molecule has 3 rings (SSSR count). The Morgan fingerprint density at radius 1 is 1.41 bits per heavy atom. The summed E-state index contributed by atoms with van der Waals surface area (Å²) in [6.07, 6.45) is 3.66. The normalized spacial score (nSPS) is 29.6. The van der Waals surface area contributed by atoms with E-state index in [2.05, 4.69) is 36.5 Å². The summed E-state index contributed by atoms with van der Waals surface area (Å²) in [5.41, 5.74) is 1.11. The lowest BCUT2D eigenvalue weighted by Gasteiger charge is -2.33. The maximum atomic E-state index is 6.06. The molecule has 0 aromatic heterocycles. The van der Waals surface area contributed by atoms with Crippen LogP contribution in [0.15, 0.2) is 34.4 Å². The van der Waals surface area contributed by atoms with Crippen LogP contribution in [0.5, 0.6) is 5.75 Å². The first-order valence-corrected chi connectivity index (χ1v) is 9.65. The minimum Gasteiger partial charge on any atom is -0.481 e. The Morgan fingerprint density at radius 2 is 2.29 bits per heavy atom. The Balaban J connectivity index is 1.94. The highest BCUT2D eigenvalue weighted by Crippen LogP contribution is 2.33. The molecule has 2 aliphatic heterocycles. The van der Waals surface area contributed by atoms with E-state index in [0.717, 1.165) is 17.9 Å². The van der Waals surface area contributed by atoms with Gasteiger partial charge in [0.05, 0.1) is 11.7 Å². The van der Waals surface area contributed by atoms with E-state index in [-0.39, 0.29) is 6.10 Å². The molecule has 90 valence electrons. The first kappa shape index (κ1) is 11.1. The third-order valence-electron chi connectivity index (χ3n) is 2.85. The van der Waals surface area contributed by atoms with Gasteiger partial charge >= 0.3 is 0 Å². The summed E-state index contributed by atoms with van der Waals surface area (Å²) in [7, 11) is 0.